The van der Waals surface area contributed by atoms with Crippen molar-refractivity contribution >= 4 is 28.0 Å². The molecule has 0 radical (unpaired) electrons. The number of nitrogens with one attached hydrogen (secondary N) is 1. The summed E-state index contributed by atoms with van der Waals surface area (Å²) in [6, 6.07) is 0. The number of hydrogen-bond donors (Lipinski definition) is 1. The molecule has 0 unspecified atom stereocenters. The normalized spacial score (nSPS) is 10.6. The van der Waals surface area contributed by atoms with E-state index in [1.165, 1.54) is 16.4 Å². The van der Waals surface area contributed by atoms with Gasteiger partial charge in [-0.05, 0) is 13.3 Å². The van der Waals surface area contributed by atoms with Crippen molar-refractivity contribution < 1.29 is 0 Å². The summed E-state index contributed by atoms with van der Waals surface area (Å²) in [6.07, 6.45) is 3.93. The van der Waals surface area contributed by atoms with Crippen molar-refractivity contribution in [3.63, 3.8) is 0 Å². The van der Waals surface area contributed by atoms with Gasteiger partial charge in [0.1, 0.15) is 10.8 Å². The Labute approximate surface area is 103 Å². The van der Waals surface area contributed by atoms with Gasteiger partial charge < -0.3 is 5.32 Å². The van der Waals surface area contributed by atoms with Crippen LogP contribution in [0.2, 0.25) is 0 Å². The summed E-state index contributed by atoms with van der Waals surface area (Å²) in [4.78, 5) is 9.92. The molecular formula is C10H14N4S2. The molecule has 0 aliphatic heterocycles. The predicted octanol–water partition coefficient (Wildman–Crippen LogP) is 2.87. The molecular weight excluding hydrogens is 240 g/mol. The van der Waals surface area contributed by atoms with Crippen molar-refractivity contribution in [1.29, 1.82) is 0 Å². The van der Waals surface area contributed by atoms with Crippen LogP contribution in [-0.2, 0) is 13.0 Å². The lowest BCUT2D eigenvalue weighted by Gasteiger charge is -1.96. The molecule has 4 nitrogen and oxygen atoms in total. The molecule has 1 N–H and O–H groups in total. The summed E-state index contributed by atoms with van der Waals surface area (Å²) in [5.41, 5.74) is 0. The van der Waals surface area contributed by atoms with E-state index in [0.717, 1.165) is 35.3 Å². The maximum Gasteiger partial charge on any atom is 0.202 e. The van der Waals surface area contributed by atoms with Crippen molar-refractivity contribution in [3.8, 4) is 0 Å². The molecule has 2 rings (SSSR count). The van der Waals surface area contributed by atoms with E-state index in [2.05, 4.69) is 33.5 Å². The number of nitrogens with zero attached hydrogens (tertiary/aromatic N) is 3. The minimum absolute atomic E-state index is 0.735. The van der Waals surface area contributed by atoms with Gasteiger partial charge in [-0.3, -0.25) is 0 Å². The van der Waals surface area contributed by atoms with E-state index >= 15 is 0 Å². The lowest BCUT2D eigenvalue weighted by molar-refractivity contribution is 0.861. The molecule has 0 amide bonds. The number of hydrogen-bond acceptors (Lipinski definition) is 6. The van der Waals surface area contributed by atoms with E-state index < -0.39 is 0 Å². The maximum absolute atomic E-state index is 4.40. The molecule has 0 saturated carbocycles. The highest BCUT2D eigenvalue weighted by Gasteiger charge is 2.04. The fourth-order valence-electron chi connectivity index (χ4n) is 1.29. The summed E-state index contributed by atoms with van der Waals surface area (Å²) in [5.74, 6) is 0.935. The van der Waals surface area contributed by atoms with Gasteiger partial charge in [-0.2, -0.15) is 4.37 Å². The summed E-state index contributed by atoms with van der Waals surface area (Å²) in [5, 5.41) is 5.22. The Kier molecular flexibility index (Phi) is 3.84. The molecule has 2 aromatic rings. The highest BCUT2D eigenvalue weighted by Crippen LogP contribution is 2.16. The van der Waals surface area contributed by atoms with Crippen LogP contribution in [0, 0.1) is 6.92 Å². The zero-order chi connectivity index (χ0) is 11.4. The first-order valence-corrected chi connectivity index (χ1v) is 6.84. The van der Waals surface area contributed by atoms with E-state index in [1.807, 2.05) is 6.20 Å². The molecule has 0 fully saturated rings. The summed E-state index contributed by atoms with van der Waals surface area (Å²) >= 11 is 3.13. The van der Waals surface area contributed by atoms with Crippen molar-refractivity contribution in [3.05, 3.63) is 21.9 Å². The highest BCUT2D eigenvalue weighted by molar-refractivity contribution is 7.11. The number of rotatable bonds is 5. The monoisotopic (exact) mass is 254 g/mol. The second-order valence-electron chi connectivity index (χ2n) is 3.48. The van der Waals surface area contributed by atoms with Crippen molar-refractivity contribution in [2.45, 2.75) is 33.2 Å². The lowest BCUT2D eigenvalue weighted by atomic mass is 10.3. The van der Waals surface area contributed by atoms with Crippen LogP contribution in [-0.4, -0.2) is 14.3 Å². The average Bonchev–Trinajstić information content (AvgIpc) is 2.85. The van der Waals surface area contributed by atoms with E-state index in [4.69, 9.17) is 0 Å². The van der Waals surface area contributed by atoms with E-state index in [0.29, 0.717) is 0 Å². The average molecular weight is 254 g/mol. The molecule has 0 bridgehead atoms. The molecule has 2 aromatic heterocycles. The van der Waals surface area contributed by atoms with Gasteiger partial charge in [-0.15, -0.1) is 11.3 Å². The van der Waals surface area contributed by atoms with Crippen LogP contribution in [0.3, 0.4) is 0 Å². The number of aromatic nitrogens is 3. The van der Waals surface area contributed by atoms with E-state index in [1.54, 1.807) is 11.3 Å². The number of anilines is 1. The van der Waals surface area contributed by atoms with Crippen LogP contribution in [0.25, 0.3) is 0 Å². The molecule has 86 valence electrons. The molecule has 0 atom stereocenters. The van der Waals surface area contributed by atoms with Gasteiger partial charge >= 0.3 is 0 Å². The summed E-state index contributed by atoms with van der Waals surface area (Å²) in [6.45, 7) is 4.93. The van der Waals surface area contributed by atoms with Gasteiger partial charge in [0.15, 0.2) is 0 Å². The highest BCUT2D eigenvalue weighted by atomic mass is 32.1. The first-order chi connectivity index (χ1) is 7.78. The second-order valence-corrected chi connectivity index (χ2v) is 5.56. The molecule has 0 aliphatic rings. The third-order valence-electron chi connectivity index (χ3n) is 2.00. The molecule has 0 spiro atoms. The largest absolute Gasteiger partial charge is 0.354 e. The zero-order valence-electron chi connectivity index (χ0n) is 9.36. The van der Waals surface area contributed by atoms with Gasteiger partial charge in [0, 0.05) is 29.0 Å². The van der Waals surface area contributed by atoms with E-state index in [9.17, 15) is 0 Å². The van der Waals surface area contributed by atoms with E-state index in [-0.39, 0.29) is 0 Å². The minimum atomic E-state index is 0.735. The van der Waals surface area contributed by atoms with Gasteiger partial charge in [0.05, 0.1) is 6.54 Å². The zero-order valence-corrected chi connectivity index (χ0v) is 11.0. The van der Waals surface area contributed by atoms with Gasteiger partial charge in [0.2, 0.25) is 5.13 Å². The molecule has 6 heteroatoms. The summed E-state index contributed by atoms with van der Waals surface area (Å²) in [7, 11) is 0. The summed E-state index contributed by atoms with van der Waals surface area (Å²) < 4.78 is 4.27. The Morgan fingerprint density at radius 1 is 1.44 bits per heavy atom. The first-order valence-electron chi connectivity index (χ1n) is 5.25. The van der Waals surface area contributed by atoms with Crippen LogP contribution in [0.15, 0.2) is 6.20 Å². The molecule has 0 aliphatic carbocycles. The van der Waals surface area contributed by atoms with Crippen molar-refractivity contribution in [2.75, 3.05) is 5.32 Å². The topological polar surface area (TPSA) is 50.7 Å². The quantitative estimate of drug-likeness (QED) is 0.891. The molecule has 0 saturated heterocycles. The minimum Gasteiger partial charge on any atom is -0.354 e. The van der Waals surface area contributed by atoms with Crippen molar-refractivity contribution in [2.24, 2.45) is 0 Å². The lowest BCUT2D eigenvalue weighted by Crippen LogP contribution is -1.98. The standard InChI is InChI=1S/C10H14N4S2/c1-3-4-8-13-10(16-14-8)12-6-9-11-5-7(2)15-9/h5H,3-4,6H2,1-2H3,(H,12,13,14). The predicted molar refractivity (Wildman–Crippen MR) is 68.1 cm³/mol. The SMILES string of the molecule is CCCc1nsc(NCc2ncc(C)s2)n1. The number of aryl methyl sites for hydroxylation is 2. The first kappa shape index (κ1) is 11.5. The van der Waals surface area contributed by atoms with Crippen LogP contribution in [0.4, 0.5) is 5.13 Å². The Balaban J connectivity index is 1.89. The van der Waals surface area contributed by atoms with Gasteiger partial charge in [-0.1, -0.05) is 6.92 Å². The van der Waals surface area contributed by atoms with Crippen LogP contribution < -0.4 is 5.32 Å². The maximum atomic E-state index is 4.40. The fourth-order valence-corrected chi connectivity index (χ4v) is 2.62. The Hall–Kier alpha value is -1.01. The van der Waals surface area contributed by atoms with Gasteiger partial charge in [-0.25, -0.2) is 9.97 Å². The molecule has 2 heterocycles. The fraction of sp³-hybridized carbons (Fsp3) is 0.500. The smallest absolute Gasteiger partial charge is 0.202 e. The third-order valence-corrected chi connectivity index (χ3v) is 3.63. The van der Waals surface area contributed by atoms with Crippen LogP contribution >= 0.6 is 22.9 Å². The van der Waals surface area contributed by atoms with Crippen LogP contribution in [0.5, 0.6) is 0 Å². The Morgan fingerprint density at radius 3 is 3.00 bits per heavy atom. The Morgan fingerprint density at radius 2 is 2.31 bits per heavy atom. The second kappa shape index (κ2) is 5.36. The van der Waals surface area contributed by atoms with Gasteiger partial charge in [0.25, 0.3) is 0 Å². The molecule has 16 heavy (non-hydrogen) atoms. The van der Waals surface area contributed by atoms with Crippen LogP contribution in [0.1, 0.15) is 29.1 Å². The Bertz CT molecular complexity index is 449. The molecule has 0 aromatic carbocycles. The van der Waals surface area contributed by atoms with Crippen molar-refractivity contribution in [1.82, 2.24) is 14.3 Å². The third kappa shape index (κ3) is 2.99. The number of thiazole rings is 1.